The van der Waals surface area contributed by atoms with Crippen molar-refractivity contribution in [1.82, 2.24) is 5.32 Å². The van der Waals surface area contributed by atoms with Crippen molar-refractivity contribution in [3.63, 3.8) is 0 Å². The van der Waals surface area contributed by atoms with Crippen LogP contribution in [0.15, 0.2) is 18.2 Å². The molecule has 0 fully saturated rings. The van der Waals surface area contributed by atoms with Crippen LogP contribution in [0.3, 0.4) is 0 Å². The quantitative estimate of drug-likeness (QED) is 0.778. The van der Waals surface area contributed by atoms with E-state index >= 15 is 0 Å². The van der Waals surface area contributed by atoms with Crippen molar-refractivity contribution < 1.29 is 8.78 Å². The Bertz CT molecular complexity index is 364. The second-order valence-corrected chi connectivity index (χ2v) is 5.18. The molecule has 0 bridgehead atoms. The Morgan fingerprint density at radius 1 is 1.11 bits per heavy atom. The lowest BCUT2D eigenvalue weighted by Crippen LogP contribution is -2.31. The number of nitrogens with one attached hydrogen (secondary N) is 1. The minimum Gasteiger partial charge on any atom is -0.314 e. The van der Waals surface area contributed by atoms with Crippen molar-refractivity contribution in [1.29, 1.82) is 0 Å². The molecule has 1 unspecified atom stereocenters. The summed E-state index contributed by atoms with van der Waals surface area (Å²) in [5, 5.41) is 3.40. The topological polar surface area (TPSA) is 12.0 Å². The molecule has 0 heterocycles. The van der Waals surface area contributed by atoms with Gasteiger partial charge in [0.1, 0.15) is 0 Å². The Hall–Kier alpha value is -0.960. The highest BCUT2D eigenvalue weighted by Gasteiger charge is 2.11. The van der Waals surface area contributed by atoms with Crippen LogP contribution in [0.1, 0.15) is 39.2 Å². The van der Waals surface area contributed by atoms with Gasteiger partial charge in [0.05, 0.1) is 0 Å². The van der Waals surface area contributed by atoms with Crippen LogP contribution < -0.4 is 5.32 Å². The van der Waals surface area contributed by atoms with Gasteiger partial charge in [0.2, 0.25) is 0 Å². The van der Waals surface area contributed by atoms with Crippen LogP contribution in [0.5, 0.6) is 0 Å². The molecule has 0 aromatic heterocycles. The second-order valence-electron chi connectivity index (χ2n) is 5.18. The van der Waals surface area contributed by atoms with E-state index in [1.165, 1.54) is 12.1 Å². The van der Waals surface area contributed by atoms with Gasteiger partial charge in [-0.25, -0.2) is 8.78 Å². The molecule has 1 N–H and O–H groups in total. The fourth-order valence-corrected chi connectivity index (χ4v) is 2.05. The van der Waals surface area contributed by atoms with E-state index in [2.05, 4.69) is 26.1 Å². The van der Waals surface area contributed by atoms with E-state index in [9.17, 15) is 8.78 Å². The van der Waals surface area contributed by atoms with E-state index in [-0.39, 0.29) is 0 Å². The van der Waals surface area contributed by atoms with Crippen LogP contribution in [-0.4, -0.2) is 12.6 Å². The highest BCUT2D eigenvalue weighted by Crippen LogP contribution is 2.14. The third-order valence-electron chi connectivity index (χ3n) is 3.05. The Kier molecular flexibility index (Phi) is 6.27. The first kappa shape index (κ1) is 15.1. The van der Waals surface area contributed by atoms with Gasteiger partial charge in [0, 0.05) is 6.04 Å². The van der Waals surface area contributed by atoms with Crippen molar-refractivity contribution in [2.45, 2.75) is 46.1 Å². The number of benzene rings is 1. The monoisotopic (exact) mass is 255 g/mol. The van der Waals surface area contributed by atoms with E-state index in [1.54, 1.807) is 6.07 Å². The van der Waals surface area contributed by atoms with E-state index < -0.39 is 11.6 Å². The average Bonchev–Trinajstić information content (AvgIpc) is 2.31. The highest BCUT2D eigenvalue weighted by atomic mass is 19.2. The zero-order chi connectivity index (χ0) is 13.5. The van der Waals surface area contributed by atoms with Crippen molar-refractivity contribution in [3.05, 3.63) is 35.4 Å². The molecule has 18 heavy (non-hydrogen) atoms. The van der Waals surface area contributed by atoms with Crippen molar-refractivity contribution in [2.24, 2.45) is 5.92 Å². The largest absolute Gasteiger partial charge is 0.314 e. The molecule has 0 amide bonds. The number of likely N-dealkylation sites (N-methyl/N-ethyl adjacent to an activating group) is 1. The van der Waals surface area contributed by atoms with Gasteiger partial charge in [0.25, 0.3) is 0 Å². The Labute approximate surface area is 109 Å². The van der Waals surface area contributed by atoms with Gasteiger partial charge in [-0.3, -0.25) is 0 Å². The van der Waals surface area contributed by atoms with Gasteiger partial charge >= 0.3 is 0 Å². The predicted octanol–water partition coefficient (Wildman–Crippen LogP) is 3.92. The number of rotatable bonds is 7. The Morgan fingerprint density at radius 3 is 2.39 bits per heavy atom. The molecule has 1 atom stereocenters. The summed E-state index contributed by atoms with van der Waals surface area (Å²) in [6.45, 7) is 7.35. The molecule has 0 spiro atoms. The summed E-state index contributed by atoms with van der Waals surface area (Å²) in [5.41, 5.74) is 0.851. The molecule has 0 saturated carbocycles. The zero-order valence-electron chi connectivity index (χ0n) is 11.5. The lowest BCUT2D eigenvalue weighted by atomic mass is 9.97. The molecule has 0 radical (unpaired) electrons. The lowest BCUT2D eigenvalue weighted by molar-refractivity contribution is 0.433. The van der Waals surface area contributed by atoms with Crippen LogP contribution >= 0.6 is 0 Å². The molecular weight excluding hydrogens is 232 g/mol. The molecule has 1 rings (SSSR count). The summed E-state index contributed by atoms with van der Waals surface area (Å²) in [7, 11) is 0. The van der Waals surface area contributed by atoms with Crippen LogP contribution in [0.25, 0.3) is 0 Å². The number of hydrogen-bond donors (Lipinski definition) is 1. The van der Waals surface area contributed by atoms with Crippen LogP contribution in [0.2, 0.25) is 0 Å². The first-order valence-corrected chi connectivity index (χ1v) is 6.70. The molecule has 0 aliphatic carbocycles. The lowest BCUT2D eigenvalue weighted by Gasteiger charge is -2.19. The smallest absolute Gasteiger partial charge is 0.159 e. The SMILES string of the molecule is CCNC(CCC(C)C)Cc1ccc(F)c(F)c1. The average molecular weight is 255 g/mol. The summed E-state index contributed by atoms with van der Waals surface area (Å²) in [6.07, 6.45) is 2.95. The maximum absolute atomic E-state index is 13.1. The normalized spacial score (nSPS) is 13.0. The van der Waals surface area contributed by atoms with Gasteiger partial charge in [-0.15, -0.1) is 0 Å². The second kappa shape index (κ2) is 7.47. The summed E-state index contributed by atoms with van der Waals surface area (Å²) in [6, 6.07) is 4.51. The van der Waals surface area contributed by atoms with Gasteiger partial charge in [-0.05, 0) is 49.4 Å². The van der Waals surface area contributed by atoms with Gasteiger partial charge < -0.3 is 5.32 Å². The number of hydrogen-bond acceptors (Lipinski definition) is 1. The third-order valence-corrected chi connectivity index (χ3v) is 3.05. The van der Waals surface area contributed by atoms with Crippen LogP contribution in [0, 0.1) is 17.6 Å². The van der Waals surface area contributed by atoms with Crippen molar-refractivity contribution >= 4 is 0 Å². The van der Waals surface area contributed by atoms with E-state index in [4.69, 9.17) is 0 Å². The molecule has 0 aliphatic heterocycles. The third kappa shape index (κ3) is 5.13. The number of halogens is 2. The predicted molar refractivity (Wildman–Crippen MR) is 71.6 cm³/mol. The maximum Gasteiger partial charge on any atom is 0.159 e. The van der Waals surface area contributed by atoms with Crippen molar-refractivity contribution in [3.8, 4) is 0 Å². The molecule has 1 aromatic carbocycles. The summed E-state index contributed by atoms with van der Waals surface area (Å²) in [4.78, 5) is 0. The fourth-order valence-electron chi connectivity index (χ4n) is 2.05. The molecular formula is C15H23F2N. The van der Waals surface area contributed by atoms with Crippen molar-refractivity contribution in [2.75, 3.05) is 6.54 Å². The Balaban J connectivity index is 2.61. The van der Waals surface area contributed by atoms with Gasteiger partial charge in [-0.2, -0.15) is 0 Å². The van der Waals surface area contributed by atoms with Crippen LogP contribution in [-0.2, 0) is 6.42 Å². The zero-order valence-corrected chi connectivity index (χ0v) is 11.5. The highest BCUT2D eigenvalue weighted by molar-refractivity contribution is 5.18. The molecule has 1 aromatic rings. The maximum atomic E-state index is 13.1. The first-order chi connectivity index (χ1) is 8.52. The minimum atomic E-state index is -0.777. The van der Waals surface area contributed by atoms with E-state index in [1.807, 2.05) is 0 Å². The van der Waals surface area contributed by atoms with E-state index in [0.717, 1.165) is 31.4 Å². The summed E-state index contributed by atoms with van der Waals surface area (Å²) < 4.78 is 26.0. The fraction of sp³-hybridized carbons (Fsp3) is 0.600. The van der Waals surface area contributed by atoms with Gasteiger partial charge in [0.15, 0.2) is 11.6 Å². The molecule has 0 saturated heterocycles. The van der Waals surface area contributed by atoms with Gasteiger partial charge in [-0.1, -0.05) is 26.8 Å². The molecule has 102 valence electrons. The minimum absolute atomic E-state index is 0.335. The summed E-state index contributed by atoms with van der Waals surface area (Å²) in [5.74, 6) is -0.872. The molecule has 3 heteroatoms. The standard InChI is InChI=1S/C15H23F2N/c1-4-18-13(7-5-11(2)3)9-12-6-8-14(16)15(17)10-12/h6,8,10-11,13,18H,4-5,7,9H2,1-3H3. The van der Waals surface area contributed by atoms with E-state index in [0.29, 0.717) is 12.0 Å². The van der Waals surface area contributed by atoms with Crippen LogP contribution in [0.4, 0.5) is 8.78 Å². The first-order valence-electron chi connectivity index (χ1n) is 6.70. The summed E-state index contributed by atoms with van der Waals surface area (Å²) >= 11 is 0. The molecule has 0 aliphatic rings. The Morgan fingerprint density at radius 2 is 1.83 bits per heavy atom. The molecule has 1 nitrogen and oxygen atoms in total.